The Labute approximate surface area is 133 Å². The molecule has 1 aromatic heterocycles. The van der Waals surface area contributed by atoms with Gasteiger partial charge in [0, 0.05) is 5.69 Å². The maximum absolute atomic E-state index is 12.2. The number of pyridine rings is 1. The number of rotatable bonds is 3. The Bertz CT molecular complexity index is 774. The first-order valence-electron chi connectivity index (χ1n) is 7.16. The molecule has 1 N–H and O–H groups in total. The molecule has 0 radical (unpaired) electrons. The fourth-order valence-electron chi connectivity index (χ4n) is 2.61. The summed E-state index contributed by atoms with van der Waals surface area (Å²) in [5, 5.41) is 2.62. The Balaban J connectivity index is 1.74. The molecular formula is C17H15N3O3. The van der Waals surface area contributed by atoms with E-state index in [2.05, 4.69) is 10.3 Å². The molecule has 6 heteroatoms. The van der Waals surface area contributed by atoms with Crippen LogP contribution in [0.5, 0.6) is 0 Å². The molecule has 116 valence electrons. The van der Waals surface area contributed by atoms with Crippen LogP contribution >= 0.6 is 0 Å². The van der Waals surface area contributed by atoms with Gasteiger partial charge in [-0.1, -0.05) is 12.1 Å². The largest absolute Gasteiger partial charge is 0.309 e. The van der Waals surface area contributed by atoms with Crippen LogP contribution < -0.4 is 5.32 Å². The molecular weight excluding hydrogens is 294 g/mol. The predicted molar refractivity (Wildman–Crippen MR) is 84.1 cm³/mol. The van der Waals surface area contributed by atoms with Crippen LogP contribution in [0.1, 0.15) is 32.0 Å². The molecule has 0 saturated heterocycles. The van der Waals surface area contributed by atoms with Gasteiger partial charge in [-0.25, -0.2) is 4.98 Å². The van der Waals surface area contributed by atoms with E-state index in [4.69, 9.17) is 0 Å². The van der Waals surface area contributed by atoms with Crippen molar-refractivity contribution in [2.24, 2.45) is 0 Å². The minimum Gasteiger partial charge on any atom is -0.309 e. The molecule has 0 aliphatic carbocycles. The summed E-state index contributed by atoms with van der Waals surface area (Å²) in [6.07, 6.45) is 0. The van der Waals surface area contributed by atoms with E-state index in [1.807, 2.05) is 19.9 Å². The molecule has 0 saturated carbocycles. The molecule has 3 rings (SSSR count). The molecule has 2 aromatic rings. The lowest BCUT2D eigenvalue weighted by atomic mass is 10.1. The number of anilines is 1. The number of fused-ring (bicyclic) bond motifs is 1. The van der Waals surface area contributed by atoms with E-state index >= 15 is 0 Å². The van der Waals surface area contributed by atoms with E-state index in [0.29, 0.717) is 16.9 Å². The van der Waals surface area contributed by atoms with Gasteiger partial charge in [0.2, 0.25) is 5.91 Å². The quantitative estimate of drug-likeness (QED) is 0.879. The van der Waals surface area contributed by atoms with Crippen LogP contribution in [-0.2, 0) is 4.79 Å². The molecule has 6 nitrogen and oxygen atoms in total. The zero-order valence-electron chi connectivity index (χ0n) is 12.8. The summed E-state index contributed by atoms with van der Waals surface area (Å²) in [6.45, 7) is 3.39. The van der Waals surface area contributed by atoms with Crippen LogP contribution in [0.4, 0.5) is 5.82 Å². The minimum atomic E-state index is -0.461. The van der Waals surface area contributed by atoms with Crippen molar-refractivity contribution in [3.05, 3.63) is 58.8 Å². The summed E-state index contributed by atoms with van der Waals surface area (Å²) in [5.41, 5.74) is 2.40. The topological polar surface area (TPSA) is 79.4 Å². The molecule has 0 fully saturated rings. The zero-order chi connectivity index (χ0) is 16.6. The maximum atomic E-state index is 12.2. The number of amides is 3. The molecule has 0 bridgehead atoms. The summed E-state index contributed by atoms with van der Waals surface area (Å²) in [4.78, 5) is 41.7. The molecule has 23 heavy (non-hydrogen) atoms. The van der Waals surface area contributed by atoms with E-state index in [1.165, 1.54) is 0 Å². The van der Waals surface area contributed by atoms with Crippen molar-refractivity contribution in [3.63, 3.8) is 0 Å². The molecule has 0 unspecified atom stereocenters. The van der Waals surface area contributed by atoms with Crippen molar-refractivity contribution in [1.29, 1.82) is 0 Å². The molecule has 1 aliphatic heterocycles. The van der Waals surface area contributed by atoms with Gasteiger partial charge in [0.1, 0.15) is 12.4 Å². The smallest absolute Gasteiger partial charge is 0.262 e. The number of aromatic nitrogens is 1. The summed E-state index contributed by atoms with van der Waals surface area (Å²) in [6, 6.07) is 10.2. The third-order valence-corrected chi connectivity index (χ3v) is 3.55. The lowest BCUT2D eigenvalue weighted by Gasteiger charge is -2.13. The lowest BCUT2D eigenvalue weighted by molar-refractivity contribution is -0.116. The Hall–Kier alpha value is -3.02. The molecule has 0 atom stereocenters. The van der Waals surface area contributed by atoms with Crippen LogP contribution in [0.25, 0.3) is 0 Å². The normalized spacial score (nSPS) is 13.2. The maximum Gasteiger partial charge on any atom is 0.262 e. The second kappa shape index (κ2) is 5.64. The van der Waals surface area contributed by atoms with Gasteiger partial charge in [-0.05, 0) is 43.7 Å². The average molecular weight is 309 g/mol. The summed E-state index contributed by atoms with van der Waals surface area (Å²) in [5.74, 6) is -0.954. The fourth-order valence-corrected chi connectivity index (χ4v) is 2.61. The van der Waals surface area contributed by atoms with E-state index < -0.39 is 17.7 Å². The van der Waals surface area contributed by atoms with Gasteiger partial charge in [0.05, 0.1) is 11.1 Å². The van der Waals surface area contributed by atoms with Crippen LogP contribution in [0.15, 0.2) is 36.4 Å². The Morgan fingerprint density at radius 1 is 1.09 bits per heavy atom. The molecule has 3 amide bonds. The van der Waals surface area contributed by atoms with Crippen molar-refractivity contribution < 1.29 is 14.4 Å². The fraction of sp³-hybridized carbons (Fsp3) is 0.176. The number of hydrogen-bond donors (Lipinski definition) is 1. The monoisotopic (exact) mass is 309 g/mol. The second-order valence-corrected chi connectivity index (χ2v) is 5.46. The number of carbonyl (C=O) groups excluding carboxylic acids is 3. The lowest BCUT2D eigenvalue weighted by Crippen LogP contribution is -2.37. The van der Waals surface area contributed by atoms with Gasteiger partial charge in [0.15, 0.2) is 0 Å². The standard InChI is InChI=1S/C17H15N3O3/c1-10-7-11(2)18-14(8-10)19-15(21)9-20-16(22)12-5-3-4-6-13(12)17(20)23/h3-8H,9H2,1-2H3,(H,18,19,21). The van der Waals surface area contributed by atoms with E-state index in [1.54, 1.807) is 30.3 Å². The number of benzene rings is 1. The predicted octanol–water partition coefficient (Wildman–Crippen LogP) is 1.93. The van der Waals surface area contributed by atoms with Crippen LogP contribution in [-0.4, -0.2) is 34.2 Å². The Kier molecular flexibility index (Phi) is 3.65. The number of imide groups is 1. The molecule has 0 spiro atoms. The first-order chi connectivity index (χ1) is 11.0. The third-order valence-electron chi connectivity index (χ3n) is 3.55. The van der Waals surface area contributed by atoms with Gasteiger partial charge in [-0.3, -0.25) is 19.3 Å². The van der Waals surface area contributed by atoms with Crippen molar-refractivity contribution >= 4 is 23.5 Å². The summed E-state index contributed by atoms with van der Waals surface area (Å²) in [7, 11) is 0. The average Bonchev–Trinajstić information content (AvgIpc) is 2.72. The zero-order valence-corrected chi connectivity index (χ0v) is 12.8. The van der Waals surface area contributed by atoms with E-state index in [0.717, 1.165) is 16.2 Å². The SMILES string of the molecule is Cc1cc(C)nc(NC(=O)CN2C(=O)c3ccccc3C2=O)c1. The third kappa shape index (κ3) is 2.83. The number of carbonyl (C=O) groups is 3. The Morgan fingerprint density at radius 2 is 1.70 bits per heavy atom. The van der Waals surface area contributed by atoms with Crippen LogP contribution in [0, 0.1) is 13.8 Å². The number of aryl methyl sites for hydroxylation is 2. The highest BCUT2D eigenvalue weighted by Crippen LogP contribution is 2.22. The van der Waals surface area contributed by atoms with Gasteiger partial charge in [-0.2, -0.15) is 0 Å². The molecule has 2 heterocycles. The minimum absolute atomic E-state index is 0.329. The summed E-state index contributed by atoms with van der Waals surface area (Å²) < 4.78 is 0. The van der Waals surface area contributed by atoms with E-state index in [9.17, 15) is 14.4 Å². The van der Waals surface area contributed by atoms with Crippen molar-refractivity contribution in [1.82, 2.24) is 9.88 Å². The van der Waals surface area contributed by atoms with Gasteiger partial charge >= 0.3 is 0 Å². The van der Waals surface area contributed by atoms with Crippen LogP contribution in [0.3, 0.4) is 0 Å². The first kappa shape index (κ1) is 14.9. The highest BCUT2D eigenvalue weighted by molar-refractivity contribution is 6.22. The number of nitrogens with one attached hydrogen (secondary N) is 1. The van der Waals surface area contributed by atoms with Crippen molar-refractivity contribution in [3.8, 4) is 0 Å². The summed E-state index contributed by atoms with van der Waals surface area (Å²) >= 11 is 0. The van der Waals surface area contributed by atoms with E-state index in [-0.39, 0.29) is 6.54 Å². The van der Waals surface area contributed by atoms with Crippen molar-refractivity contribution in [2.75, 3.05) is 11.9 Å². The highest BCUT2D eigenvalue weighted by Gasteiger charge is 2.36. The van der Waals surface area contributed by atoms with Gasteiger partial charge in [-0.15, -0.1) is 0 Å². The van der Waals surface area contributed by atoms with Crippen LogP contribution in [0.2, 0.25) is 0 Å². The number of nitrogens with zero attached hydrogens (tertiary/aromatic N) is 2. The first-order valence-corrected chi connectivity index (χ1v) is 7.16. The number of hydrogen-bond acceptors (Lipinski definition) is 4. The van der Waals surface area contributed by atoms with Gasteiger partial charge in [0.25, 0.3) is 11.8 Å². The molecule has 1 aromatic carbocycles. The Morgan fingerprint density at radius 3 is 2.26 bits per heavy atom. The van der Waals surface area contributed by atoms with Gasteiger partial charge < -0.3 is 5.32 Å². The molecule has 1 aliphatic rings. The second-order valence-electron chi connectivity index (χ2n) is 5.46. The van der Waals surface area contributed by atoms with Crippen molar-refractivity contribution in [2.45, 2.75) is 13.8 Å². The highest BCUT2D eigenvalue weighted by atomic mass is 16.2.